The normalized spacial score (nSPS) is 11.0. The molecule has 0 atom stereocenters. The first-order chi connectivity index (χ1) is 11.1. The average Bonchev–Trinajstić information content (AvgIpc) is 2.60. The van der Waals surface area contributed by atoms with Crippen molar-refractivity contribution in [2.24, 2.45) is 5.10 Å². The van der Waals surface area contributed by atoms with Gasteiger partial charge in [-0.15, -0.1) is 0 Å². The van der Waals surface area contributed by atoms with Gasteiger partial charge in [0.05, 0.1) is 6.21 Å². The van der Waals surface area contributed by atoms with E-state index in [0.717, 1.165) is 21.4 Å². The van der Waals surface area contributed by atoms with E-state index in [-0.39, 0.29) is 10.3 Å². The molecule has 3 aromatic rings. The molecule has 1 N–H and O–H groups in total. The van der Waals surface area contributed by atoms with Crippen LogP contribution in [-0.4, -0.2) is 21.1 Å². The minimum atomic E-state index is -0.328. The monoisotopic (exact) mass is 322 g/mol. The summed E-state index contributed by atoms with van der Waals surface area (Å²) < 4.78 is 1.29. The molecular weight excluding hydrogens is 308 g/mol. The number of nitrogens with one attached hydrogen (secondary N) is 1. The van der Waals surface area contributed by atoms with Crippen molar-refractivity contribution in [3.63, 3.8) is 0 Å². The molecule has 5 nitrogen and oxygen atoms in total. The van der Waals surface area contributed by atoms with Crippen LogP contribution in [0.15, 0.2) is 64.5 Å². The molecule has 0 saturated heterocycles. The average molecular weight is 322 g/mol. The lowest BCUT2D eigenvalue weighted by molar-refractivity contribution is 0.720. The van der Waals surface area contributed by atoms with Crippen LogP contribution >= 0.6 is 12.2 Å². The molecule has 0 saturated carbocycles. The summed E-state index contributed by atoms with van der Waals surface area (Å²) in [4.78, 5) is 11.9. The van der Waals surface area contributed by atoms with Gasteiger partial charge in [-0.1, -0.05) is 54.6 Å². The van der Waals surface area contributed by atoms with E-state index in [1.54, 1.807) is 13.1 Å². The molecule has 0 aliphatic rings. The second-order valence-corrected chi connectivity index (χ2v) is 5.35. The summed E-state index contributed by atoms with van der Waals surface area (Å²) in [5.74, 6) is 0. The number of nitrogens with zero attached hydrogens (tertiary/aromatic N) is 3. The number of aromatic amines is 1. The topological polar surface area (TPSA) is 63.0 Å². The Kier molecular flexibility index (Phi) is 4.25. The molecule has 6 heteroatoms. The van der Waals surface area contributed by atoms with Crippen LogP contribution in [0.3, 0.4) is 0 Å². The highest BCUT2D eigenvalue weighted by atomic mass is 32.1. The summed E-state index contributed by atoms with van der Waals surface area (Å²) in [6.07, 6.45) is 1.60. The lowest BCUT2D eigenvalue weighted by Crippen LogP contribution is -2.22. The molecule has 114 valence electrons. The predicted octanol–water partition coefficient (Wildman–Crippen LogP) is 3.16. The molecule has 0 bridgehead atoms. The summed E-state index contributed by atoms with van der Waals surface area (Å²) in [5, 5.41) is 10.5. The fraction of sp³-hybridized carbons (Fsp3) is 0.0588. The molecule has 0 unspecified atom stereocenters. The van der Waals surface area contributed by atoms with Crippen LogP contribution in [0.25, 0.3) is 11.1 Å². The molecule has 1 aromatic heterocycles. The van der Waals surface area contributed by atoms with Crippen molar-refractivity contribution in [2.75, 3.05) is 0 Å². The number of hydrogen-bond donors (Lipinski definition) is 1. The predicted molar refractivity (Wildman–Crippen MR) is 93.3 cm³/mol. The highest BCUT2D eigenvalue weighted by molar-refractivity contribution is 7.71. The molecule has 0 fully saturated rings. The summed E-state index contributed by atoms with van der Waals surface area (Å²) >= 11 is 5.03. The molecule has 0 spiro atoms. The maximum absolute atomic E-state index is 11.9. The van der Waals surface area contributed by atoms with E-state index in [1.165, 1.54) is 0 Å². The lowest BCUT2D eigenvalue weighted by Gasteiger charge is -2.02. The summed E-state index contributed by atoms with van der Waals surface area (Å²) in [6, 6.07) is 18.0. The highest BCUT2D eigenvalue weighted by Crippen LogP contribution is 2.18. The number of H-pyrrole nitrogens is 1. The Morgan fingerprint density at radius 1 is 1.09 bits per heavy atom. The molecule has 0 aliphatic heterocycles. The minimum Gasteiger partial charge on any atom is -0.265 e. The van der Waals surface area contributed by atoms with E-state index in [1.807, 2.05) is 42.5 Å². The van der Waals surface area contributed by atoms with Gasteiger partial charge in [-0.2, -0.15) is 14.9 Å². The third kappa shape index (κ3) is 3.32. The zero-order chi connectivity index (χ0) is 16.2. The van der Waals surface area contributed by atoms with E-state index in [9.17, 15) is 4.79 Å². The molecule has 0 radical (unpaired) electrons. The molecule has 2 aromatic carbocycles. The Bertz CT molecular complexity index is 956. The van der Waals surface area contributed by atoms with Gasteiger partial charge in [0.2, 0.25) is 4.77 Å². The van der Waals surface area contributed by atoms with Gasteiger partial charge in [0, 0.05) is 0 Å². The van der Waals surface area contributed by atoms with Crippen LogP contribution in [0.2, 0.25) is 0 Å². The Balaban J connectivity index is 1.89. The second-order valence-electron chi connectivity index (χ2n) is 4.96. The van der Waals surface area contributed by atoms with Crippen molar-refractivity contribution >= 4 is 18.4 Å². The SMILES string of the molecule is Cc1n[nH]c(=S)n(/N=C/c2ccc(-c3ccccc3)cc2)c1=O. The maximum atomic E-state index is 11.9. The van der Waals surface area contributed by atoms with Crippen LogP contribution in [0.4, 0.5) is 0 Å². The smallest absolute Gasteiger partial charge is 0.265 e. The number of aromatic nitrogens is 3. The van der Waals surface area contributed by atoms with Gasteiger partial charge < -0.3 is 0 Å². The Hall–Kier alpha value is -2.86. The van der Waals surface area contributed by atoms with Gasteiger partial charge in [-0.05, 0) is 35.8 Å². The van der Waals surface area contributed by atoms with E-state index >= 15 is 0 Å². The Labute approximate surface area is 137 Å². The zero-order valence-corrected chi connectivity index (χ0v) is 13.2. The van der Waals surface area contributed by atoms with Gasteiger partial charge >= 0.3 is 0 Å². The van der Waals surface area contributed by atoms with Crippen LogP contribution < -0.4 is 5.56 Å². The fourth-order valence-corrected chi connectivity index (χ4v) is 2.27. The molecule has 0 aliphatic carbocycles. The number of rotatable bonds is 3. The third-order valence-electron chi connectivity index (χ3n) is 3.35. The number of aryl methyl sites for hydroxylation is 1. The van der Waals surface area contributed by atoms with Gasteiger partial charge in [0.15, 0.2) is 0 Å². The van der Waals surface area contributed by atoms with E-state index < -0.39 is 0 Å². The van der Waals surface area contributed by atoms with Crippen molar-refractivity contribution in [1.82, 2.24) is 14.9 Å². The van der Waals surface area contributed by atoms with Gasteiger partial charge in [-0.3, -0.25) is 9.89 Å². The van der Waals surface area contributed by atoms with Crippen LogP contribution in [0.5, 0.6) is 0 Å². The fourth-order valence-electron chi connectivity index (χ4n) is 2.09. The Morgan fingerprint density at radius 3 is 2.43 bits per heavy atom. The van der Waals surface area contributed by atoms with Gasteiger partial charge in [0.1, 0.15) is 5.69 Å². The Morgan fingerprint density at radius 2 is 1.74 bits per heavy atom. The molecule has 3 rings (SSSR count). The minimum absolute atomic E-state index is 0.165. The third-order valence-corrected chi connectivity index (χ3v) is 3.62. The van der Waals surface area contributed by atoms with E-state index in [0.29, 0.717) is 5.69 Å². The first-order valence-corrected chi connectivity index (χ1v) is 7.44. The van der Waals surface area contributed by atoms with Crippen LogP contribution in [0.1, 0.15) is 11.3 Å². The summed E-state index contributed by atoms with van der Waals surface area (Å²) in [7, 11) is 0. The molecule has 0 amide bonds. The molecule has 1 heterocycles. The van der Waals surface area contributed by atoms with Crippen molar-refractivity contribution in [2.45, 2.75) is 6.92 Å². The zero-order valence-electron chi connectivity index (χ0n) is 12.4. The van der Waals surface area contributed by atoms with Crippen LogP contribution in [0, 0.1) is 11.7 Å². The largest absolute Gasteiger partial charge is 0.296 e. The van der Waals surface area contributed by atoms with Crippen molar-refractivity contribution in [3.8, 4) is 11.1 Å². The quantitative estimate of drug-likeness (QED) is 0.595. The van der Waals surface area contributed by atoms with Crippen molar-refractivity contribution in [3.05, 3.63) is 81.0 Å². The van der Waals surface area contributed by atoms with Gasteiger partial charge in [0.25, 0.3) is 5.56 Å². The number of benzene rings is 2. The summed E-state index contributed by atoms with van der Waals surface area (Å²) in [6.45, 7) is 1.61. The first kappa shape index (κ1) is 15.1. The molecular formula is C17H14N4OS. The van der Waals surface area contributed by atoms with Crippen LogP contribution in [-0.2, 0) is 0 Å². The second kappa shape index (κ2) is 6.50. The number of hydrogen-bond acceptors (Lipinski definition) is 4. The van der Waals surface area contributed by atoms with Crippen molar-refractivity contribution in [1.29, 1.82) is 0 Å². The summed E-state index contributed by atoms with van der Waals surface area (Å²) in [5.41, 5.74) is 3.14. The highest BCUT2D eigenvalue weighted by Gasteiger charge is 2.01. The van der Waals surface area contributed by atoms with Gasteiger partial charge in [-0.25, -0.2) is 0 Å². The maximum Gasteiger partial charge on any atom is 0.296 e. The molecule has 23 heavy (non-hydrogen) atoms. The van der Waals surface area contributed by atoms with E-state index in [2.05, 4.69) is 27.4 Å². The lowest BCUT2D eigenvalue weighted by atomic mass is 10.0. The standard InChI is InChI=1S/C17H14N4OS/c1-12-16(22)21(17(23)20-19-12)18-11-13-7-9-15(10-8-13)14-5-3-2-4-6-14/h2-11H,1H3,(H,20,23)/b18-11+. The first-order valence-electron chi connectivity index (χ1n) is 7.03. The van der Waals surface area contributed by atoms with Crippen molar-refractivity contribution < 1.29 is 0 Å². The van der Waals surface area contributed by atoms with E-state index in [4.69, 9.17) is 12.2 Å².